The van der Waals surface area contributed by atoms with Gasteiger partial charge in [0.2, 0.25) is 0 Å². The molecule has 1 aliphatic heterocycles. The lowest BCUT2D eigenvalue weighted by atomic mass is 10.2. The third kappa shape index (κ3) is 2.56. The molecule has 0 amide bonds. The van der Waals surface area contributed by atoms with Crippen molar-refractivity contribution < 1.29 is 8.42 Å². The van der Waals surface area contributed by atoms with Crippen molar-refractivity contribution in [3.8, 4) is 0 Å². The van der Waals surface area contributed by atoms with Crippen LogP contribution in [0.2, 0.25) is 0 Å². The molecule has 0 radical (unpaired) electrons. The van der Waals surface area contributed by atoms with E-state index in [4.69, 9.17) is 0 Å². The summed E-state index contributed by atoms with van der Waals surface area (Å²) in [6, 6.07) is 6.99. The summed E-state index contributed by atoms with van der Waals surface area (Å²) in [5.41, 5.74) is 1.06. The lowest BCUT2D eigenvalue weighted by Crippen LogP contribution is -2.42. The highest BCUT2D eigenvalue weighted by Crippen LogP contribution is 2.18. The number of sulfone groups is 1. The van der Waals surface area contributed by atoms with Crippen molar-refractivity contribution in [3.63, 3.8) is 0 Å². The Morgan fingerprint density at radius 1 is 1.33 bits per heavy atom. The van der Waals surface area contributed by atoms with Gasteiger partial charge in [-0.25, -0.2) is 8.42 Å². The zero-order chi connectivity index (χ0) is 13.2. The van der Waals surface area contributed by atoms with Crippen LogP contribution >= 0.6 is 0 Å². The molecule has 1 N–H and O–H groups in total. The predicted octanol–water partition coefficient (Wildman–Crippen LogP) is 1.55. The second-order valence-electron chi connectivity index (χ2n) is 4.50. The van der Waals surface area contributed by atoms with Crippen molar-refractivity contribution >= 4 is 15.7 Å². The molecule has 1 aromatic rings. The number of hydrogen-bond acceptors (Lipinski definition) is 4. The number of aryl methyl sites for hydroxylation is 1. The molecule has 0 bridgehead atoms. The van der Waals surface area contributed by atoms with Crippen molar-refractivity contribution in [2.24, 2.45) is 4.99 Å². The van der Waals surface area contributed by atoms with Crippen LogP contribution in [0, 0.1) is 6.92 Å². The Labute approximate surface area is 108 Å². The fourth-order valence-corrected chi connectivity index (χ4v) is 3.40. The molecule has 0 aliphatic carbocycles. The predicted molar refractivity (Wildman–Crippen MR) is 72.7 cm³/mol. The molecular formula is C13H18N2O2S. The maximum atomic E-state index is 12.4. The van der Waals surface area contributed by atoms with E-state index < -0.39 is 15.1 Å². The largest absolute Gasteiger partial charge is 0.372 e. The van der Waals surface area contributed by atoms with Crippen LogP contribution in [-0.4, -0.2) is 32.6 Å². The van der Waals surface area contributed by atoms with Crippen LogP contribution < -0.4 is 5.32 Å². The average Bonchev–Trinajstić information content (AvgIpc) is 2.39. The lowest BCUT2D eigenvalue weighted by Gasteiger charge is -2.22. The molecule has 1 aliphatic rings. The van der Waals surface area contributed by atoms with Gasteiger partial charge in [-0.15, -0.1) is 0 Å². The van der Waals surface area contributed by atoms with Crippen LogP contribution in [0.1, 0.15) is 18.9 Å². The lowest BCUT2D eigenvalue weighted by molar-refractivity contribution is 0.572. The zero-order valence-electron chi connectivity index (χ0n) is 10.7. The highest BCUT2D eigenvalue weighted by molar-refractivity contribution is 7.92. The standard InChI is InChI=1S/C13H18N2O2S/c1-3-13-14-8-12(9-15-13)18(16,17)11-6-4-10(2)5-7-11/h4-7,12H,3,8-9H2,1-2H3,(H,14,15). The van der Waals surface area contributed by atoms with Crippen LogP contribution in [0.4, 0.5) is 0 Å². The number of rotatable bonds is 3. The van der Waals surface area contributed by atoms with Crippen LogP contribution in [0.25, 0.3) is 0 Å². The van der Waals surface area contributed by atoms with Gasteiger partial charge in [0.15, 0.2) is 9.84 Å². The summed E-state index contributed by atoms with van der Waals surface area (Å²) in [7, 11) is -3.28. The number of hydrogen-bond donors (Lipinski definition) is 1. The monoisotopic (exact) mass is 266 g/mol. The normalized spacial score (nSPS) is 20.1. The van der Waals surface area contributed by atoms with Gasteiger partial charge in [0, 0.05) is 13.0 Å². The molecule has 18 heavy (non-hydrogen) atoms. The number of benzene rings is 1. The van der Waals surface area contributed by atoms with Gasteiger partial charge in [-0.2, -0.15) is 0 Å². The van der Waals surface area contributed by atoms with Gasteiger partial charge in [-0.1, -0.05) is 24.6 Å². The van der Waals surface area contributed by atoms with Crippen molar-refractivity contribution in [1.29, 1.82) is 0 Å². The van der Waals surface area contributed by atoms with Crippen LogP contribution in [0.3, 0.4) is 0 Å². The minimum absolute atomic E-state index is 0.354. The van der Waals surface area contributed by atoms with Gasteiger partial charge in [-0.05, 0) is 19.1 Å². The summed E-state index contributed by atoms with van der Waals surface area (Å²) in [4.78, 5) is 4.65. The number of amidine groups is 1. The molecule has 0 saturated carbocycles. The Balaban J connectivity index is 2.22. The number of aliphatic imine (C=N–C) groups is 1. The Hall–Kier alpha value is -1.36. The van der Waals surface area contributed by atoms with Gasteiger partial charge >= 0.3 is 0 Å². The van der Waals surface area contributed by atoms with Gasteiger partial charge in [0.1, 0.15) is 5.25 Å². The Kier molecular flexibility index (Phi) is 3.71. The molecule has 0 fully saturated rings. The topological polar surface area (TPSA) is 58.5 Å². The molecule has 1 unspecified atom stereocenters. The second kappa shape index (κ2) is 5.10. The van der Waals surface area contributed by atoms with Crippen molar-refractivity contribution in [1.82, 2.24) is 5.32 Å². The Bertz CT molecular complexity index is 547. The van der Waals surface area contributed by atoms with Gasteiger partial charge < -0.3 is 5.32 Å². The third-order valence-electron chi connectivity index (χ3n) is 3.14. The third-order valence-corrected chi connectivity index (χ3v) is 5.27. The van der Waals surface area contributed by atoms with Gasteiger partial charge in [0.25, 0.3) is 0 Å². The van der Waals surface area contributed by atoms with Crippen LogP contribution in [-0.2, 0) is 9.84 Å². The Morgan fingerprint density at radius 3 is 2.50 bits per heavy atom. The van der Waals surface area contributed by atoms with E-state index in [9.17, 15) is 8.42 Å². The minimum Gasteiger partial charge on any atom is -0.372 e. The van der Waals surface area contributed by atoms with Crippen LogP contribution in [0.15, 0.2) is 34.2 Å². The maximum Gasteiger partial charge on any atom is 0.184 e. The molecule has 2 rings (SSSR count). The molecule has 1 aromatic carbocycles. The van der Waals surface area contributed by atoms with Crippen molar-refractivity contribution in [2.45, 2.75) is 30.4 Å². The molecule has 0 aromatic heterocycles. The molecule has 5 heteroatoms. The minimum atomic E-state index is -3.28. The molecule has 0 spiro atoms. The van der Waals surface area contributed by atoms with E-state index in [1.54, 1.807) is 12.1 Å². The van der Waals surface area contributed by atoms with E-state index in [0.29, 0.717) is 18.0 Å². The van der Waals surface area contributed by atoms with E-state index in [1.165, 1.54) is 0 Å². The van der Waals surface area contributed by atoms with E-state index in [1.807, 2.05) is 26.0 Å². The highest BCUT2D eigenvalue weighted by atomic mass is 32.2. The summed E-state index contributed by atoms with van der Waals surface area (Å²) in [6.07, 6.45) is 0.817. The summed E-state index contributed by atoms with van der Waals surface area (Å²) in [5, 5.41) is 2.61. The smallest absolute Gasteiger partial charge is 0.184 e. The fraction of sp³-hybridized carbons (Fsp3) is 0.462. The first-order valence-electron chi connectivity index (χ1n) is 6.12. The summed E-state index contributed by atoms with van der Waals surface area (Å²) >= 11 is 0. The fourth-order valence-electron chi connectivity index (χ4n) is 1.93. The first-order valence-corrected chi connectivity index (χ1v) is 7.66. The number of nitrogens with one attached hydrogen (secondary N) is 1. The highest BCUT2D eigenvalue weighted by Gasteiger charge is 2.29. The summed E-state index contributed by atoms with van der Waals surface area (Å²) in [6.45, 7) is 4.74. The first-order chi connectivity index (χ1) is 8.54. The van der Waals surface area contributed by atoms with Crippen molar-refractivity contribution in [3.05, 3.63) is 29.8 Å². The summed E-state index contributed by atoms with van der Waals surface area (Å²) < 4.78 is 24.8. The molecule has 98 valence electrons. The average molecular weight is 266 g/mol. The molecule has 1 heterocycles. The summed E-state index contributed by atoms with van der Waals surface area (Å²) in [5.74, 6) is 0.894. The molecule has 1 atom stereocenters. The van der Waals surface area contributed by atoms with Gasteiger partial charge in [0.05, 0.1) is 17.3 Å². The Morgan fingerprint density at radius 2 is 2.00 bits per heavy atom. The molecular weight excluding hydrogens is 248 g/mol. The van der Waals surface area contributed by atoms with E-state index in [0.717, 1.165) is 17.8 Å². The quantitative estimate of drug-likeness (QED) is 0.903. The number of nitrogens with zero attached hydrogens (tertiary/aromatic N) is 1. The SMILES string of the molecule is CCC1=NCC(S(=O)(=O)c2ccc(C)cc2)CN1. The second-order valence-corrected chi connectivity index (χ2v) is 6.73. The van der Waals surface area contributed by atoms with E-state index in [-0.39, 0.29) is 0 Å². The molecule has 0 saturated heterocycles. The van der Waals surface area contributed by atoms with E-state index in [2.05, 4.69) is 10.3 Å². The first kappa shape index (κ1) is 13.1. The van der Waals surface area contributed by atoms with Crippen LogP contribution in [0.5, 0.6) is 0 Å². The molecule has 4 nitrogen and oxygen atoms in total. The maximum absolute atomic E-state index is 12.4. The van der Waals surface area contributed by atoms with Gasteiger partial charge in [-0.3, -0.25) is 4.99 Å². The van der Waals surface area contributed by atoms with Crippen molar-refractivity contribution in [2.75, 3.05) is 13.1 Å². The van der Waals surface area contributed by atoms with E-state index >= 15 is 0 Å². The zero-order valence-corrected chi connectivity index (χ0v) is 11.5.